The Bertz CT molecular complexity index is 1300. The van der Waals surface area contributed by atoms with Crippen LogP contribution in [0.2, 0.25) is 0 Å². The van der Waals surface area contributed by atoms with E-state index in [1.54, 1.807) is 12.1 Å². The number of phenols is 2. The van der Waals surface area contributed by atoms with Crippen molar-refractivity contribution in [2.75, 3.05) is 0 Å². The lowest BCUT2D eigenvalue weighted by atomic mass is 9.89. The molecule has 0 saturated heterocycles. The fourth-order valence-corrected chi connectivity index (χ4v) is 4.54. The van der Waals surface area contributed by atoms with Crippen molar-refractivity contribution in [1.82, 2.24) is 0 Å². The van der Waals surface area contributed by atoms with E-state index in [4.69, 9.17) is 9.15 Å². The number of ether oxygens (including phenoxy) is 1. The van der Waals surface area contributed by atoms with E-state index in [-0.39, 0.29) is 46.1 Å². The predicted molar refractivity (Wildman–Crippen MR) is 108 cm³/mol. The Morgan fingerprint density at radius 1 is 1.07 bits per heavy atom. The average Bonchev–Trinajstić information content (AvgIpc) is 3.23. The number of phenolic OH excluding ortho intramolecular Hbond substituents is 2. The highest BCUT2D eigenvalue weighted by molar-refractivity contribution is 7.10. The van der Waals surface area contributed by atoms with Crippen molar-refractivity contribution in [3.8, 4) is 28.4 Å². The number of fused-ring (bicyclic) bond motifs is 3. The van der Waals surface area contributed by atoms with E-state index in [1.807, 2.05) is 17.5 Å². The molecule has 0 saturated carbocycles. The van der Waals surface area contributed by atoms with Crippen LogP contribution in [-0.4, -0.2) is 16.2 Å². The largest absolute Gasteiger partial charge is 0.508 e. The second-order valence-corrected chi connectivity index (χ2v) is 7.76. The van der Waals surface area contributed by atoms with Crippen LogP contribution in [0.1, 0.15) is 22.8 Å². The number of thiophene rings is 1. The van der Waals surface area contributed by atoms with Gasteiger partial charge in [-0.15, -0.1) is 11.3 Å². The quantitative estimate of drug-likeness (QED) is 0.379. The monoisotopic (exact) mass is 406 g/mol. The number of hydrogen-bond donors (Lipinski definition) is 2. The number of rotatable bonds is 2. The zero-order valence-corrected chi connectivity index (χ0v) is 15.7. The lowest BCUT2D eigenvalue weighted by molar-refractivity contribution is -0.135. The summed E-state index contributed by atoms with van der Waals surface area (Å²) in [5, 5.41) is 22.0. The number of benzene rings is 2. The molecule has 1 aliphatic rings. The van der Waals surface area contributed by atoms with Crippen LogP contribution in [0.3, 0.4) is 0 Å². The molecule has 7 heteroatoms. The van der Waals surface area contributed by atoms with Gasteiger partial charge >= 0.3 is 5.97 Å². The van der Waals surface area contributed by atoms with Crippen molar-refractivity contribution in [2.24, 2.45) is 0 Å². The maximum absolute atomic E-state index is 13.2. The van der Waals surface area contributed by atoms with Gasteiger partial charge in [0, 0.05) is 22.4 Å². The Labute approximate surface area is 168 Å². The Balaban J connectivity index is 1.79. The van der Waals surface area contributed by atoms with Crippen molar-refractivity contribution in [3.63, 3.8) is 0 Å². The maximum Gasteiger partial charge on any atom is 0.312 e. The smallest absolute Gasteiger partial charge is 0.312 e. The normalized spacial score (nSPS) is 15.9. The van der Waals surface area contributed by atoms with E-state index >= 15 is 0 Å². The van der Waals surface area contributed by atoms with Crippen LogP contribution < -0.4 is 10.2 Å². The Morgan fingerprint density at radius 2 is 1.86 bits per heavy atom. The highest BCUT2D eigenvalue weighted by Crippen LogP contribution is 2.46. The van der Waals surface area contributed by atoms with Crippen molar-refractivity contribution in [2.45, 2.75) is 12.3 Å². The Kier molecular flexibility index (Phi) is 3.92. The molecule has 5 rings (SSSR count). The molecule has 0 fully saturated rings. The van der Waals surface area contributed by atoms with Crippen LogP contribution in [0.15, 0.2) is 63.3 Å². The summed E-state index contributed by atoms with van der Waals surface area (Å²) < 4.78 is 11.2. The molecule has 0 amide bonds. The van der Waals surface area contributed by atoms with E-state index in [0.29, 0.717) is 11.1 Å². The maximum atomic E-state index is 13.2. The van der Waals surface area contributed by atoms with Crippen LogP contribution in [0.5, 0.6) is 17.2 Å². The molecule has 3 heterocycles. The molecule has 2 aromatic carbocycles. The third-order valence-corrected chi connectivity index (χ3v) is 6.02. The van der Waals surface area contributed by atoms with E-state index in [0.717, 1.165) is 4.88 Å². The highest BCUT2D eigenvalue weighted by Gasteiger charge is 2.34. The molecule has 6 nitrogen and oxygen atoms in total. The molecule has 0 radical (unpaired) electrons. The molecule has 29 heavy (non-hydrogen) atoms. The van der Waals surface area contributed by atoms with Crippen molar-refractivity contribution >= 4 is 28.3 Å². The van der Waals surface area contributed by atoms with Crippen LogP contribution in [0.4, 0.5) is 0 Å². The van der Waals surface area contributed by atoms with Crippen molar-refractivity contribution < 1.29 is 24.2 Å². The van der Waals surface area contributed by atoms with Gasteiger partial charge in [0.05, 0.1) is 12.0 Å². The minimum Gasteiger partial charge on any atom is -0.508 e. The number of carbonyl (C=O) groups is 1. The summed E-state index contributed by atoms with van der Waals surface area (Å²) in [4.78, 5) is 26.2. The summed E-state index contributed by atoms with van der Waals surface area (Å²) in [6.45, 7) is 0. The molecule has 144 valence electrons. The Morgan fingerprint density at radius 3 is 2.59 bits per heavy atom. The number of carbonyl (C=O) groups excluding carboxylic acids is 1. The molecule has 1 aliphatic heterocycles. The van der Waals surface area contributed by atoms with Gasteiger partial charge in [0.25, 0.3) is 0 Å². The van der Waals surface area contributed by atoms with Gasteiger partial charge in [-0.25, -0.2) is 0 Å². The molecule has 4 aromatic rings. The lowest BCUT2D eigenvalue weighted by Gasteiger charge is -2.24. The number of aromatic hydroxyl groups is 2. The van der Waals surface area contributed by atoms with Crippen LogP contribution in [-0.2, 0) is 4.79 Å². The fourth-order valence-electron chi connectivity index (χ4n) is 3.70. The molecular weight excluding hydrogens is 392 g/mol. The summed E-state index contributed by atoms with van der Waals surface area (Å²) in [7, 11) is 0. The summed E-state index contributed by atoms with van der Waals surface area (Å²) in [5.41, 5.74) is 1.19. The standard InChI is InChI=1S/C22H14O6S/c23-12-5-3-11(4-6-12)14-10-27-22-19-13(17-2-1-7-29-17)8-18(25)28-16(19)9-15(24)20(22)21(14)26/h1-7,9-10,13,23-24H,8H2/t13-/m1/s1. The van der Waals surface area contributed by atoms with Gasteiger partial charge in [-0.1, -0.05) is 18.2 Å². The second-order valence-electron chi connectivity index (χ2n) is 6.78. The second kappa shape index (κ2) is 6.49. The van der Waals surface area contributed by atoms with Gasteiger partial charge in [0.15, 0.2) is 0 Å². The van der Waals surface area contributed by atoms with Gasteiger partial charge < -0.3 is 19.4 Å². The molecular formula is C22H14O6S. The van der Waals surface area contributed by atoms with Gasteiger partial charge in [0.1, 0.15) is 34.5 Å². The SMILES string of the molecule is O=C1C[C@H](c2cccs2)c2c(cc(O)c3c(=O)c(-c4ccc(O)cc4)coc23)O1. The zero-order chi connectivity index (χ0) is 20.1. The van der Waals surface area contributed by atoms with Crippen molar-refractivity contribution in [3.05, 3.63) is 74.8 Å². The van der Waals surface area contributed by atoms with Gasteiger partial charge in [-0.2, -0.15) is 0 Å². The molecule has 2 aromatic heterocycles. The molecule has 2 N–H and O–H groups in total. The topological polar surface area (TPSA) is 97.0 Å². The molecule has 0 bridgehead atoms. The molecule has 0 aliphatic carbocycles. The summed E-state index contributed by atoms with van der Waals surface area (Å²) in [5.74, 6) is -0.760. The molecule has 0 spiro atoms. The van der Waals surface area contributed by atoms with E-state index in [2.05, 4.69) is 0 Å². The van der Waals surface area contributed by atoms with Gasteiger partial charge in [-0.3, -0.25) is 9.59 Å². The third kappa shape index (κ3) is 2.78. The zero-order valence-electron chi connectivity index (χ0n) is 14.9. The summed E-state index contributed by atoms with van der Waals surface area (Å²) in [6.07, 6.45) is 1.45. The Hall–Kier alpha value is -3.58. The fraction of sp³-hybridized carbons (Fsp3) is 0.0909. The average molecular weight is 406 g/mol. The minimum absolute atomic E-state index is 0.0360. The van der Waals surface area contributed by atoms with Gasteiger partial charge in [0.2, 0.25) is 5.43 Å². The molecule has 0 unspecified atom stereocenters. The first-order valence-electron chi connectivity index (χ1n) is 8.88. The number of hydrogen-bond acceptors (Lipinski definition) is 7. The number of esters is 1. The first-order chi connectivity index (χ1) is 14.0. The first-order valence-corrected chi connectivity index (χ1v) is 9.75. The minimum atomic E-state index is -0.405. The van der Waals surface area contributed by atoms with Crippen molar-refractivity contribution in [1.29, 1.82) is 0 Å². The van der Waals surface area contributed by atoms with E-state index in [9.17, 15) is 19.8 Å². The lowest BCUT2D eigenvalue weighted by Crippen LogP contribution is -2.21. The van der Waals surface area contributed by atoms with Crippen LogP contribution >= 0.6 is 11.3 Å². The van der Waals surface area contributed by atoms with Gasteiger partial charge in [-0.05, 0) is 29.1 Å². The predicted octanol–water partition coefficient (Wildman–Crippen LogP) is 4.37. The third-order valence-electron chi connectivity index (χ3n) is 5.04. The van der Waals surface area contributed by atoms with E-state index < -0.39 is 11.4 Å². The van der Waals surface area contributed by atoms with Crippen LogP contribution in [0.25, 0.3) is 22.1 Å². The van der Waals surface area contributed by atoms with Crippen LogP contribution in [0, 0.1) is 0 Å². The first kappa shape index (κ1) is 17.5. The summed E-state index contributed by atoms with van der Waals surface area (Å²) >= 11 is 1.50. The highest BCUT2D eigenvalue weighted by atomic mass is 32.1. The summed E-state index contributed by atoms with van der Waals surface area (Å²) in [6, 6.07) is 11.2. The van der Waals surface area contributed by atoms with E-state index in [1.165, 1.54) is 35.8 Å². The molecule has 1 atom stereocenters.